The van der Waals surface area contributed by atoms with Gasteiger partial charge in [-0.2, -0.15) is 0 Å². The standard InChI is InChI=1S/C23H25FN4O3S2/c1-11(2)18(19(29)26-22(25)31)33-23-27-20-17(13-9-8-12(3)10-16(13)32-20)21(30)28(23)15-7-5-4-6-14(15)24/h4-7,11-12,18H,8-10H2,1-3H3,(H3,25,26,29,31)/t12-,18+/m1/s1. The van der Waals surface area contributed by atoms with Gasteiger partial charge in [0.2, 0.25) is 5.91 Å². The number of urea groups is 1. The third-order valence-corrected chi connectivity index (χ3v) is 8.38. The van der Waals surface area contributed by atoms with E-state index in [2.05, 4.69) is 12.2 Å². The summed E-state index contributed by atoms with van der Waals surface area (Å²) in [7, 11) is 0. The van der Waals surface area contributed by atoms with Gasteiger partial charge in [0.25, 0.3) is 5.56 Å². The summed E-state index contributed by atoms with van der Waals surface area (Å²) in [5.41, 5.74) is 5.85. The number of benzene rings is 1. The molecule has 0 spiro atoms. The van der Waals surface area contributed by atoms with Crippen LogP contribution in [0.2, 0.25) is 0 Å². The van der Waals surface area contributed by atoms with Crippen LogP contribution in [0.1, 0.15) is 37.6 Å². The van der Waals surface area contributed by atoms with Crippen LogP contribution in [-0.2, 0) is 17.6 Å². The number of aromatic nitrogens is 2. The second kappa shape index (κ2) is 9.26. The van der Waals surface area contributed by atoms with E-state index in [0.717, 1.165) is 41.5 Å². The molecular formula is C23H25FN4O3S2. The van der Waals surface area contributed by atoms with Crippen molar-refractivity contribution in [2.24, 2.45) is 17.6 Å². The SMILES string of the molecule is CC(C)[C@H](Sc1nc2sc3c(c2c(=O)n1-c1ccccc1F)CC[C@@H](C)C3)C(=O)NC(N)=O. The predicted molar refractivity (Wildman–Crippen MR) is 129 cm³/mol. The molecule has 0 bridgehead atoms. The molecular weight excluding hydrogens is 463 g/mol. The number of hydrogen-bond donors (Lipinski definition) is 2. The van der Waals surface area contributed by atoms with E-state index in [9.17, 15) is 18.8 Å². The maximum absolute atomic E-state index is 14.8. The number of rotatable bonds is 5. The molecule has 1 aliphatic carbocycles. The Kier molecular flexibility index (Phi) is 6.58. The normalized spacial score (nSPS) is 16.6. The highest BCUT2D eigenvalue weighted by molar-refractivity contribution is 8.00. The Hall–Kier alpha value is -2.72. The highest BCUT2D eigenvalue weighted by Crippen LogP contribution is 2.38. The van der Waals surface area contributed by atoms with Gasteiger partial charge in [-0.15, -0.1) is 11.3 Å². The number of hydrogen-bond acceptors (Lipinski definition) is 6. The van der Waals surface area contributed by atoms with E-state index in [1.807, 2.05) is 13.8 Å². The number of amides is 3. The van der Waals surface area contributed by atoms with Crippen LogP contribution in [0.3, 0.4) is 0 Å². The fourth-order valence-corrected chi connectivity index (χ4v) is 6.62. The Morgan fingerprint density at radius 1 is 1.33 bits per heavy atom. The number of thiophene rings is 1. The summed E-state index contributed by atoms with van der Waals surface area (Å²) in [5, 5.41) is 2.06. The van der Waals surface area contributed by atoms with Gasteiger partial charge in [-0.3, -0.25) is 19.5 Å². The largest absolute Gasteiger partial charge is 0.351 e. The fraction of sp³-hybridized carbons (Fsp3) is 0.391. The number of fused-ring (bicyclic) bond motifs is 3. The third-order valence-electron chi connectivity index (χ3n) is 5.73. The van der Waals surface area contributed by atoms with Crippen LogP contribution in [-0.4, -0.2) is 26.7 Å². The van der Waals surface area contributed by atoms with E-state index in [1.165, 1.54) is 28.0 Å². The zero-order valence-electron chi connectivity index (χ0n) is 18.6. The maximum Gasteiger partial charge on any atom is 0.318 e. The van der Waals surface area contributed by atoms with Crippen LogP contribution in [0.25, 0.3) is 15.9 Å². The smallest absolute Gasteiger partial charge is 0.318 e. The summed E-state index contributed by atoms with van der Waals surface area (Å²) in [6.45, 7) is 5.81. The first kappa shape index (κ1) is 23.4. The van der Waals surface area contributed by atoms with Gasteiger partial charge in [-0.05, 0) is 48.8 Å². The number of halogens is 1. The molecule has 1 aromatic carbocycles. The molecule has 33 heavy (non-hydrogen) atoms. The summed E-state index contributed by atoms with van der Waals surface area (Å²) >= 11 is 2.51. The molecule has 174 valence electrons. The lowest BCUT2D eigenvalue weighted by atomic mass is 9.89. The number of nitrogens with one attached hydrogen (secondary N) is 1. The highest BCUT2D eigenvalue weighted by atomic mass is 32.2. The summed E-state index contributed by atoms with van der Waals surface area (Å²) in [6, 6.07) is 5.04. The maximum atomic E-state index is 14.8. The van der Waals surface area contributed by atoms with Gasteiger partial charge < -0.3 is 5.73 Å². The molecule has 3 N–H and O–H groups in total. The van der Waals surface area contributed by atoms with Crippen molar-refractivity contribution < 1.29 is 14.0 Å². The van der Waals surface area contributed by atoms with Gasteiger partial charge in [0.05, 0.1) is 16.3 Å². The second-order valence-corrected chi connectivity index (χ2v) is 10.8. The van der Waals surface area contributed by atoms with E-state index in [-0.39, 0.29) is 22.3 Å². The summed E-state index contributed by atoms with van der Waals surface area (Å²) < 4.78 is 16.1. The minimum absolute atomic E-state index is 0.0707. The van der Waals surface area contributed by atoms with Gasteiger partial charge in [0.15, 0.2) is 5.16 Å². The molecule has 2 aromatic heterocycles. The molecule has 0 unspecified atom stereocenters. The number of carbonyl (C=O) groups is 2. The second-order valence-electron chi connectivity index (χ2n) is 8.65. The molecule has 0 saturated heterocycles. The van der Waals surface area contributed by atoms with E-state index >= 15 is 0 Å². The number of imide groups is 1. The number of aryl methyl sites for hydroxylation is 1. The van der Waals surface area contributed by atoms with E-state index in [0.29, 0.717) is 16.1 Å². The molecule has 3 aromatic rings. The Bertz CT molecular complexity index is 1300. The van der Waals surface area contributed by atoms with Gasteiger partial charge in [-0.1, -0.05) is 44.7 Å². The number of primary amides is 1. The highest BCUT2D eigenvalue weighted by Gasteiger charge is 2.30. The molecule has 2 atom stereocenters. The fourth-order valence-electron chi connectivity index (χ4n) is 4.09. The third kappa shape index (κ3) is 4.54. The molecule has 10 heteroatoms. The van der Waals surface area contributed by atoms with Gasteiger partial charge >= 0.3 is 6.03 Å². The quantitative estimate of drug-likeness (QED) is 0.417. The van der Waals surface area contributed by atoms with Crippen molar-refractivity contribution in [3.05, 3.63) is 50.9 Å². The van der Waals surface area contributed by atoms with Crippen molar-refractivity contribution in [3.63, 3.8) is 0 Å². The number of nitrogens with zero attached hydrogens (tertiary/aromatic N) is 2. The Morgan fingerprint density at radius 2 is 2.06 bits per heavy atom. The Balaban J connectivity index is 1.93. The topological polar surface area (TPSA) is 107 Å². The average molecular weight is 489 g/mol. The van der Waals surface area contributed by atoms with E-state index < -0.39 is 23.0 Å². The zero-order chi connectivity index (χ0) is 23.9. The van der Waals surface area contributed by atoms with Crippen LogP contribution in [0.4, 0.5) is 9.18 Å². The molecule has 0 radical (unpaired) electrons. The number of para-hydroxylation sites is 1. The predicted octanol–water partition coefficient (Wildman–Crippen LogP) is 4.02. The molecule has 0 aliphatic heterocycles. The van der Waals surface area contributed by atoms with Gasteiger partial charge in [0.1, 0.15) is 10.6 Å². The van der Waals surface area contributed by atoms with Crippen LogP contribution >= 0.6 is 23.1 Å². The van der Waals surface area contributed by atoms with Crippen molar-refractivity contribution in [3.8, 4) is 5.69 Å². The van der Waals surface area contributed by atoms with Crippen LogP contribution < -0.4 is 16.6 Å². The van der Waals surface area contributed by atoms with Crippen LogP contribution in [0, 0.1) is 17.7 Å². The average Bonchev–Trinajstić information content (AvgIpc) is 3.09. The Morgan fingerprint density at radius 3 is 2.73 bits per heavy atom. The molecule has 4 rings (SSSR count). The monoisotopic (exact) mass is 488 g/mol. The number of carbonyl (C=O) groups excluding carboxylic acids is 2. The van der Waals surface area contributed by atoms with Crippen molar-refractivity contribution in [2.45, 2.75) is 50.4 Å². The summed E-state index contributed by atoms with van der Waals surface area (Å²) in [4.78, 5) is 44.2. The minimum Gasteiger partial charge on any atom is -0.351 e. The molecule has 0 fully saturated rings. The molecule has 1 aliphatic rings. The molecule has 2 heterocycles. The summed E-state index contributed by atoms with van der Waals surface area (Å²) in [5.74, 6) is -0.844. The molecule has 3 amide bonds. The molecule has 0 saturated carbocycles. The van der Waals surface area contributed by atoms with Crippen LogP contribution in [0.5, 0.6) is 0 Å². The lowest BCUT2D eigenvalue weighted by Crippen LogP contribution is -2.42. The van der Waals surface area contributed by atoms with Crippen molar-refractivity contribution in [2.75, 3.05) is 0 Å². The van der Waals surface area contributed by atoms with E-state index in [4.69, 9.17) is 10.7 Å². The minimum atomic E-state index is -0.957. The van der Waals surface area contributed by atoms with E-state index in [1.54, 1.807) is 12.1 Å². The lowest BCUT2D eigenvalue weighted by Gasteiger charge is -2.21. The zero-order valence-corrected chi connectivity index (χ0v) is 20.2. The van der Waals surface area contributed by atoms with Crippen molar-refractivity contribution in [1.82, 2.24) is 14.9 Å². The molecule has 7 nitrogen and oxygen atoms in total. The lowest BCUT2D eigenvalue weighted by molar-refractivity contribution is -0.120. The van der Waals surface area contributed by atoms with Crippen molar-refractivity contribution in [1.29, 1.82) is 0 Å². The number of nitrogens with two attached hydrogens (primary N) is 1. The van der Waals surface area contributed by atoms with Crippen molar-refractivity contribution >= 4 is 45.3 Å². The Labute approximate surface area is 198 Å². The summed E-state index contributed by atoms with van der Waals surface area (Å²) in [6.07, 6.45) is 2.65. The van der Waals surface area contributed by atoms with Gasteiger partial charge in [-0.25, -0.2) is 14.2 Å². The first-order chi connectivity index (χ1) is 15.7. The number of thioether (sulfide) groups is 1. The first-order valence-electron chi connectivity index (χ1n) is 10.8. The van der Waals surface area contributed by atoms with Gasteiger partial charge in [0, 0.05) is 4.88 Å². The van der Waals surface area contributed by atoms with Crippen LogP contribution in [0.15, 0.2) is 34.2 Å². The first-order valence-corrected chi connectivity index (χ1v) is 12.5.